The van der Waals surface area contributed by atoms with Crippen LogP contribution < -0.4 is 10.1 Å². The van der Waals surface area contributed by atoms with E-state index >= 15 is 0 Å². The van der Waals surface area contributed by atoms with Crippen molar-refractivity contribution in [1.82, 2.24) is 10.2 Å². The van der Waals surface area contributed by atoms with Crippen molar-refractivity contribution in [2.75, 3.05) is 12.4 Å². The molecule has 128 valence electrons. The number of aromatic hydroxyl groups is 1. The highest BCUT2D eigenvalue weighted by Gasteiger charge is 2.14. The Bertz CT molecular complexity index is 937. The largest absolute Gasteiger partial charge is 0.507 e. The van der Waals surface area contributed by atoms with Crippen LogP contribution in [-0.4, -0.2) is 28.3 Å². The summed E-state index contributed by atoms with van der Waals surface area (Å²) < 4.78 is 5.08. The van der Waals surface area contributed by atoms with Gasteiger partial charge in [0.05, 0.1) is 17.8 Å². The SMILES string of the molecule is COc1ccc(NC(=O)c2cc(-c3ccc(C)cc3O)n[nH]2)cc1Cl. The fraction of sp³-hybridized carbons (Fsp3) is 0.111. The first-order valence-corrected chi connectivity index (χ1v) is 7.86. The molecular formula is C18H16ClN3O3. The second kappa shape index (κ2) is 6.86. The van der Waals surface area contributed by atoms with Crippen molar-refractivity contribution < 1.29 is 14.6 Å². The van der Waals surface area contributed by atoms with E-state index < -0.39 is 0 Å². The number of anilines is 1. The van der Waals surface area contributed by atoms with Crippen molar-refractivity contribution in [2.24, 2.45) is 0 Å². The highest BCUT2D eigenvalue weighted by Crippen LogP contribution is 2.29. The third kappa shape index (κ3) is 3.59. The molecule has 6 nitrogen and oxygen atoms in total. The van der Waals surface area contributed by atoms with Crippen LogP contribution in [-0.2, 0) is 0 Å². The van der Waals surface area contributed by atoms with Crippen LogP contribution in [0.2, 0.25) is 5.02 Å². The number of phenols is 1. The fourth-order valence-corrected chi connectivity index (χ4v) is 2.63. The highest BCUT2D eigenvalue weighted by molar-refractivity contribution is 6.32. The molecule has 0 bridgehead atoms. The van der Waals surface area contributed by atoms with Crippen LogP contribution in [0.5, 0.6) is 11.5 Å². The number of rotatable bonds is 4. The highest BCUT2D eigenvalue weighted by atomic mass is 35.5. The van der Waals surface area contributed by atoms with Gasteiger partial charge in [0, 0.05) is 11.3 Å². The first-order valence-electron chi connectivity index (χ1n) is 7.48. The summed E-state index contributed by atoms with van der Waals surface area (Å²) in [5.41, 5.74) is 2.77. The molecule has 0 atom stereocenters. The topological polar surface area (TPSA) is 87.2 Å². The Kier molecular flexibility index (Phi) is 4.63. The Morgan fingerprint density at radius 2 is 2.04 bits per heavy atom. The quantitative estimate of drug-likeness (QED) is 0.658. The van der Waals surface area contributed by atoms with E-state index in [4.69, 9.17) is 16.3 Å². The van der Waals surface area contributed by atoms with E-state index in [0.717, 1.165) is 5.56 Å². The summed E-state index contributed by atoms with van der Waals surface area (Å²) in [7, 11) is 1.52. The maximum atomic E-state index is 12.3. The van der Waals surface area contributed by atoms with Crippen molar-refractivity contribution in [3.63, 3.8) is 0 Å². The summed E-state index contributed by atoms with van der Waals surface area (Å²) in [5, 5.41) is 19.9. The third-order valence-corrected chi connectivity index (χ3v) is 3.96. The van der Waals surface area contributed by atoms with Crippen LogP contribution in [0.25, 0.3) is 11.3 Å². The molecular weight excluding hydrogens is 342 g/mol. The lowest BCUT2D eigenvalue weighted by atomic mass is 10.1. The molecule has 0 spiro atoms. The summed E-state index contributed by atoms with van der Waals surface area (Å²) >= 11 is 6.05. The molecule has 1 heterocycles. The van der Waals surface area contributed by atoms with Crippen LogP contribution in [0, 0.1) is 6.92 Å². The molecule has 1 amide bonds. The number of H-pyrrole nitrogens is 1. The predicted octanol–water partition coefficient (Wildman–Crippen LogP) is 4.01. The number of ether oxygens (including phenoxy) is 1. The van der Waals surface area contributed by atoms with Gasteiger partial charge in [-0.15, -0.1) is 0 Å². The molecule has 1 aromatic heterocycles. The molecule has 0 saturated carbocycles. The Hall–Kier alpha value is -2.99. The smallest absolute Gasteiger partial charge is 0.273 e. The van der Waals surface area contributed by atoms with Gasteiger partial charge in [-0.05, 0) is 48.9 Å². The molecule has 2 aromatic carbocycles. The number of nitrogens with zero attached hydrogens (tertiary/aromatic N) is 1. The van der Waals surface area contributed by atoms with Crippen molar-refractivity contribution in [2.45, 2.75) is 6.92 Å². The van der Waals surface area contributed by atoms with Gasteiger partial charge in [-0.1, -0.05) is 17.7 Å². The Labute approximate surface area is 149 Å². The average Bonchev–Trinajstić information content (AvgIpc) is 3.05. The standard InChI is InChI=1S/C18H16ClN3O3/c1-10-3-5-12(16(23)7-10)14-9-15(22-21-14)18(24)20-11-4-6-17(25-2)13(19)8-11/h3-9,23H,1-2H3,(H,20,24)(H,21,22). The molecule has 0 saturated heterocycles. The minimum absolute atomic E-state index is 0.111. The molecule has 25 heavy (non-hydrogen) atoms. The van der Waals surface area contributed by atoms with E-state index in [2.05, 4.69) is 15.5 Å². The van der Waals surface area contributed by atoms with E-state index in [1.807, 2.05) is 13.0 Å². The van der Waals surface area contributed by atoms with Gasteiger partial charge < -0.3 is 15.2 Å². The van der Waals surface area contributed by atoms with E-state index in [1.165, 1.54) is 7.11 Å². The molecule has 0 unspecified atom stereocenters. The minimum Gasteiger partial charge on any atom is -0.507 e. The summed E-state index contributed by atoms with van der Waals surface area (Å²) in [5.74, 6) is 0.269. The monoisotopic (exact) mass is 357 g/mol. The average molecular weight is 358 g/mol. The van der Waals surface area contributed by atoms with Crippen molar-refractivity contribution in [3.05, 3.63) is 58.7 Å². The molecule has 3 N–H and O–H groups in total. The lowest BCUT2D eigenvalue weighted by molar-refractivity contribution is 0.102. The van der Waals surface area contributed by atoms with E-state index in [1.54, 1.807) is 36.4 Å². The number of carbonyl (C=O) groups is 1. The molecule has 0 fully saturated rings. The minimum atomic E-state index is -0.369. The fourth-order valence-electron chi connectivity index (χ4n) is 2.38. The van der Waals surface area contributed by atoms with Crippen LogP contribution in [0.3, 0.4) is 0 Å². The number of aromatic nitrogens is 2. The zero-order valence-electron chi connectivity index (χ0n) is 13.6. The van der Waals surface area contributed by atoms with E-state index in [9.17, 15) is 9.90 Å². The summed E-state index contributed by atoms with van der Waals surface area (Å²) in [6, 6.07) is 11.8. The van der Waals surface area contributed by atoms with Gasteiger partial charge in [0.1, 0.15) is 17.2 Å². The number of amides is 1. The number of hydrogen-bond donors (Lipinski definition) is 3. The number of aryl methyl sites for hydroxylation is 1. The number of methoxy groups -OCH3 is 1. The number of halogens is 1. The van der Waals surface area contributed by atoms with Gasteiger partial charge in [-0.25, -0.2) is 0 Å². The van der Waals surface area contributed by atoms with Gasteiger partial charge in [-0.2, -0.15) is 5.10 Å². The van der Waals surface area contributed by atoms with Crippen molar-refractivity contribution >= 4 is 23.2 Å². The maximum Gasteiger partial charge on any atom is 0.273 e. The molecule has 0 aliphatic rings. The first-order chi connectivity index (χ1) is 12.0. The van der Waals surface area contributed by atoms with Crippen LogP contribution >= 0.6 is 11.6 Å². The zero-order chi connectivity index (χ0) is 18.0. The van der Waals surface area contributed by atoms with E-state index in [-0.39, 0.29) is 17.4 Å². The molecule has 3 aromatic rings. The predicted molar refractivity (Wildman–Crippen MR) is 96.4 cm³/mol. The van der Waals surface area contributed by atoms with Crippen LogP contribution in [0.1, 0.15) is 16.1 Å². The number of nitrogens with one attached hydrogen (secondary N) is 2. The summed E-state index contributed by atoms with van der Waals surface area (Å²) in [6.45, 7) is 1.88. The Morgan fingerprint density at radius 3 is 2.72 bits per heavy atom. The maximum absolute atomic E-state index is 12.3. The first kappa shape index (κ1) is 16.9. The van der Waals surface area contributed by atoms with Crippen molar-refractivity contribution in [1.29, 1.82) is 0 Å². The van der Waals surface area contributed by atoms with Crippen LogP contribution in [0.15, 0.2) is 42.5 Å². The summed E-state index contributed by atoms with van der Waals surface area (Å²) in [4.78, 5) is 12.3. The Balaban J connectivity index is 1.80. The van der Waals surface area contributed by atoms with Crippen LogP contribution in [0.4, 0.5) is 5.69 Å². The van der Waals surface area contributed by atoms with Gasteiger partial charge in [0.15, 0.2) is 0 Å². The number of aromatic amines is 1. The van der Waals surface area contributed by atoms with Gasteiger partial charge in [0.25, 0.3) is 5.91 Å². The number of carbonyl (C=O) groups excluding carboxylic acids is 1. The number of benzene rings is 2. The van der Waals surface area contributed by atoms with Crippen molar-refractivity contribution in [3.8, 4) is 22.8 Å². The second-order valence-corrected chi connectivity index (χ2v) is 5.90. The van der Waals surface area contributed by atoms with Gasteiger partial charge >= 0.3 is 0 Å². The Morgan fingerprint density at radius 1 is 1.24 bits per heavy atom. The number of hydrogen-bond acceptors (Lipinski definition) is 4. The normalized spacial score (nSPS) is 10.5. The molecule has 0 aliphatic heterocycles. The summed E-state index contributed by atoms with van der Waals surface area (Å²) in [6.07, 6.45) is 0. The van der Waals surface area contributed by atoms with Gasteiger partial charge in [0.2, 0.25) is 0 Å². The zero-order valence-corrected chi connectivity index (χ0v) is 14.4. The van der Waals surface area contributed by atoms with Gasteiger partial charge in [-0.3, -0.25) is 9.89 Å². The number of phenolic OH excluding ortho intramolecular Hbond substituents is 1. The lowest BCUT2D eigenvalue weighted by Gasteiger charge is -2.07. The lowest BCUT2D eigenvalue weighted by Crippen LogP contribution is -2.12. The van der Waals surface area contributed by atoms with E-state index in [0.29, 0.717) is 27.7 Å². The second-order valence-electron chi connectivity index (χ2n) is 5.49. The molecule has 0 radical (unpaired) electrons. The molecule has 0 aliphatic carbocycles. The molecule has 3 rings (SSSR count). The third-order valence-electron chi connectivity index (χ3n) is 3.66. The molecule has 7 heteroatoms.